The summed E-state index contributed by atoms with van der Waals surface area (Å²) in [4.78, 5) is 38.6. The van der Waals surface area contributed by atoms with Crippen LogP contribution in [0.3, 0.4) is 0 Å². The van der Waals surface area contributed by atoms with Gasteiger partial charge in [0.05, 0.1) is 16.8 Å². The van der Waals surface area contributed by atoms with Gasteiger partial charge in [-0.25, -0.2) is 9.36 Å². The fourth-order valence-electron chi connectivity index (χ4n) is 3.17. The van der Waals surface area contributed by atoms with Gasteiger partial charge in [-0.05, 0) is 53.9 Å². The van der Waals surface area contributed by atoms with Gasteiger partial charge >= 0.3 is 11.9 Å². The molecule has 0 saturated carbocycles. The van der Waals surface area contributed by atoms with E-state index in [1.807, 2.05) is 0 Å². The second-order valence-corrected chi connectivity index (χ2v) is 8.10. The van der Waals surface area contributed by atoms with Gasteiger partial charge in [-0.15, -0.1) is 11.3 Å². The zero-order chi connectivity index (χ0) is 23.0. The average molecular weight is 480 g/mol. The zero-order valence-electron chi connectivity index (χ0n) is 16.0. The number of thiophene rings is 1. The van der Waals surface area contributed by atoms with E-state index >= 15 is 0 Å². The summed E-state index contributed by atoms with van der Waals surface area (Å²) in [5, 5.41) is 4.41. The maximum absolute atomic E-state index is 13.1. The van der Waals surface area contributed by atoms with E-state index in [4.69, 9.17) is 11.6 Å². The Bertz CT molecular complexity index is 1440. The summed E-state index contributed by atoms with van der Waals surface area (Å²) in [7, 11) is 0. The van der Waals surface area contributed by atoms with Crippen molar-refractivity contribution in [3.05, 3.63) is 91.4 Å². The first-order valence-corrected chi connectivity index (χ1v) is 10.4. The molecule has 0 fully saturated rings. The fraction of sp³-hybridized carbons (Fsp3) is 0.0952. The molecule has 0 atom stereocenters. The Morgan fingerprint density at radius 3 is 2.44 bits per heavy atom. The van der Waals surface area contributed by atoms with Gasteiger partial charge in [-0.3, -0.25) is 14.2 Å². The lowest BCUT2D eigenvalue weighted by Crippen LogP contribution is -2.40. The molecule has 0 unspecified atom stereocenters. The Morgan fingerprint density at radius 1 is 1.06 bits per heavy atom. The van der Waals surface area contributed by atoms with Gasteiger partial charge in [0.2, 0.25) is 5.91 Å². The Kier molecular flexibility index (Phi) is 5.66. The van der Waals surface area contributed by atoms with Crippen LogP contribution in [0.2, 0.25) is 5.02 Å². The van der Waals surface area contributed by atoms with Crippen molar-refractivity contribution < 1.29 is 18.0 Å². The Labute approximate surface area is 187 Å². The summed E-state index contributed by atoms with van der Waals surface area (Å²) < 4.78 is 40.4. The number of alkyl halides is 3. The highest BCUT2D eigenvalue weighted by atomic mass is 35.5. The van der Waals surface area contributed by atoms with E-state index in [9.17, 15) is 27.6 Å². The van der Waals surface area contributed by atoms with Gasteiger partial charge in [-0.1, -0.05) is 17.7 Å². The number of carbonyl (C=O) groups is 1. The van der Waals surface area contributed by atoms with Crippen LogP contribution >= 0.6 is 22.9 Å². The number of benzene rings is 2. The van der Waals surface area contributed by atoms with E-state index in [0.717, 1.165) is 44.7 Å². The van der Waals surface area contributed by atoms with Crippen molar-refractivity contribution in [1.82, 2.24) is 9.13 Å². The van der Waals surface area contributed by atoms with Gasteiger partial charge in [-0.2, -0.15) is 13.2 Å². The molecule has 4 aromatic rings. The molecule has 32 heavy (non-hydrogen) atoms. The summed E-state index contributed by atoms with van der Waals surface area (Å²) in [5.74, 6) is -0.643. The number of aromatic nitrogens is 2. The van der Waals surface area contributed by atoms with Crippen molar-refractivity contribution in [2.45, 2.75) is 12.7 Å². The molecule has 0 spiro atoms. The lowest BCUT2D eigenvalue weighted by Gasteiger charge is -2.13. The Hall–Kier alpha value is -3.37. The Balaban J connectivity index is 1.70. The summed E-state index contributed by atoms with van der Waals surface area (Å²) in [5.41, 5.74) is -1.46. The van der Waals surface area contributed by atoms with Gasteiger partial charge in [0.25, 0.3) is 5.56 Å². The minimum Gasteiger partial charge on any atom is -0.325 e. The summed E-state index contributed by atoms with van der Waals surface area (Å²) in [6.45, 7) is -0.450. The number of carbonyl (C=O) groups excluding carboxylic acids is 1. The van der Waals surface area contributed by atoms with Crippen molar-refractivity contribution in [2.24, 2.45) is 0 Å². The topological polar surface area (TPSA) is 73.1 Å². The fourth-order valence-corrected chi connectivity index (χ4v) is 4.18. The minimum atomic E-state index is -4.49. The summed E-state index contributed by atoms with van der Waals surface area (Å²) in [6, 6.07) is 11.7. The first-order valence-electron chi connectivity index (χ1n) is 9.11. The largest absolute Gasteiger partial charge is 0.416 e. The molecule has 0 bridgehead atoms. The molecule has 0 aliphatic heterocycles. The van der Waals surface area contributed by atoms with Crippen LogP contribution in [0.5, 0.6) is 0 Å². The normalized spacial score (nSPS) is 11.6. The molecule has 164 valence electrons. The number of hydrogen-bond donors (Lipinski definition) is 1. The van der Waals surface area contributed by atoms with Crippen LogP contribution in [0.1, 0.15) is 5.56 Å². The number of nitrogens with one attached hydrogen (secondary N) is 1. The van der Waals surface area contributed by atoms with Crippen molar-refractivity contribution in [1.29, 1.82) is 0 Å². The lowest BCUT2D eigenvalue weighted by atomic mass is 10.2. The van der Waals surface area contributed by atoms with E-state index in [1.165, 1.54) is 6.07 Å². The van der Waals surface area contributed by atoms with Crippen LogP contribution in [0.15, 0.2) is 69.6 Å². The first kappa shape index (κ1) is 21.8. The monoisotopic (exact) mass is 479 g/mol. The first-order chi connectivity index (χ1) is 15.1. The average Bonchev–Trinajstić information content (AvgIpc) is 3.21. The summed E-state index contributed by atoms with van der Waals surface area (Å²) in [6.07, 6.45) is -4.49. The van der Waals surface area contributed by atoms with Gasteiger partial charge in [0.15, 0.2) is 0 Å². The molecule has 4 rings (SSSR count). The number of rotatable bonds is 4. The third-order valence-electron chi connectivity index (χ3n) is 4.62. The van der Waals surface area contributed by atoms with Crippen molar-refractivity contribution >= 4 is 44.7 Å². The highest BCUT2D eigenvalue weighted by molar-refractivity contribution is 7.17. The molecule has 11 heteroatoms. The van der Waals surface area contributed by atoms with E-state index in [2.05, 4.69) is 5.32 Å². The van der Waals surface area contributed by atoms with E-state index < -0.39 is 35.4 Å². The van der Waals surface area contributed by atoms with Crippen LogP contribution in [-0.4, -0.2) is 15.0 Å². The van der Waals surface area contributed by atoms with Crippen LogP contribution in [0, 0.1) is 0 Å². The maximum atomic E-state index is 13.1. The van der Waals surface area contributed by atoms with Crippen LogP contribution in [-0.2, 0) is 17.5 Å². The smallest absolute Gasteiger partial charge is 0.325 e. The highest BCUT2D eigenvalue weighted by Gasteiger charge is 2.30. The number of halogens is 4. The second kappa shape index (κ2) is 8.29. The molecule has 0 radical (unpaired) electrons. The number of hydrogen-bond acceptors (Lipinski definition) is 4. The third kappa shape index (κ3) is 4.19. The molecular formula is C21H13ClF3N3O3S. The van der Waals surface area contributed by atoms with E-state index in [-0.39, 0.29) is 21.6 Å². The van der Waals surface area contributed by atoms with Crippen LogP contribution < -0.4 is 16.6 Å². The van der Waals surface area contributed by atoms with Crippen molar-refractivity contribution in [2.75, 3.05) is 5.32 Å². The number of fused-ring (bicyclic) bond motifs is 1. The molecule has 6 nitrogen and oxygen atoms in total. The second-order valence-electron chi connectivity index (χ2n) is 6.75. The van der Waals surface area contributed by atoms with Gasteiger partial charge in [0.1, 0.15) is 11.2 Å². The van der Waals surface area contributed by atoms with E-state index in [0.29, 0.717) is 5.02 Å². The van der Waals surface area contributed by atoms with Crippen molar-refractivity contribution in [3.63, 3.8) is 0 Å². The molecule has 1 amide bonds. The molecule has 0 saturated heterocycles. The maximum Gasteiger partial charge on any atom is 0.416 e. The predicted octanol–water partition coefficient (Wildman–Crippen LogP) is 4.52. The van der Waals surface area contributed by atoms with Crippen molar-refractivity contribution in [3.8, 4) is 5.69 Å². The third-order valence-corrected chi connectivity index (χ3v) is 5.75. The lowest BCUT2D eigenvalue weighted by molar-refractivity contribution is -0.137. The molecule has 1 N–H and O–H groups in total. The van der Waals surface area contributed by atoms with Crippen LogP contribution in [0.25, 0.3) is 15.9 Å². The van der Waals surface area contributed by atoms with E-state index in [1.54, 1.807) is 29.6 Å². The molecule has 0 aliphatic rings. The quantitative estimate of drug-likeness (QED) is 0.467. The Morgan fingerprint density at radius 2 is 1.78 bits per heavy atom. The van der Waals surface area contributed by atoms with Crippen LogP contribution in [0.4, 0.5) is 18.9 Å². The predicted molar refractivity (Wildman–Crippen MR) is 117 cm³/mol. The molecule has 0 aliphatic carbocycles. The minimum absolute atomic E-state index is 0.140. The highest BCUT2D eigenvalue weighted by Crippen LogP contribution is 2.29. The standard InChI is InChI=1S/C21H13ClF3N3O3S/c22-13-2-1-3-15(10-13)28-19(30)18-16(8-9-32-18)27(20(28)31)11-17(29)26-14-6-4-12(5-7-14)21(23,24)25/h1-10H,11H2,(H,26,29). The number of anilines is 1. The number of nitrogens with zero attached hydrogens (tertiary/aromatic N) is 2. The SMILES string of the molecule is O=C(Cn1c(=O)n(-c2cccc(Cl)c2)c(=O)c2sccc21)Nc1ccc(C(F)(F)F)cc1. The number of amides is 1. The molecular weight excluding hydrogens is 467 g/mol. The van der Waals surface area contributed by atoms with Gasteiger partial charge in [0, 0.05) is 10.7 Å². The molecule has 2 aromatic heterocycles. The van der Waals surface area contributed by atoms with Gasteiger partial charge < -0.3 is 5.32 Å². The molecule has 2 aromatic carbocycles. The summed E-state index contributed by atoms with van der Waals surface area (Å²) >= 11 is 7.11. The zero-order valence-corrected chi connectivity index (χ0v) is 17.6. The molecule has 2 heterocycles.